The molecular formula is C4H12Cl2CrN4. The molecule has 0 saturated heterocycles. The maximum Gasteiger partial charge on any atom is 6.00 e. The second-order valence-electron chi connectivity index (χ2n) is 1.000. The van der Waals surface area contributed by atoms with E-state index in [0.29, 0.717) is 0 Å². The summed E-state index contributed by atoms with van der Waals surface area (Å²) in [6, 6.07) is 0. The number of hydrogen-bond donors (Lipinski definition) is 0. The minimum absolute atomic E-state index is 0. The van der Waals surface area contributed by atoms with Crippen LogP contribution in [0, 0.1) is 0 Å². The van der Waals surface area contributed by atoms with Crippen LogP contribution < -0.4 is 24.8 Å². The number of nitrogens with one attached hydrogen (secondary N) is 4. The summed E-state index contributed by atoms with van der Waals surface area (Å²) in [4.78, 5) is 0. The van der Waals surface area contributed by atoms with Gasteiger partial charge in [0.15, 0.2) is 0 Å². The zero-order valence-corrected chi connectivity index (χ0v) is 8.78. The van der Waals surface area contributed by atoms with Gasteiger partial charge in [-0.2, -0.15) is 26.2 Å². The topological polar surface area (TPSA) is 95.2 Å². The van der Waals surface area contributed by atoms with Crippen LogP contribution in [0.15, 0.2) is 0 Å². The molecule has 4 nitrogen and oxygen atoms in total. The van der Waals surface area contributed by atoms with Crippen LogP contribution in [0.5, 0.6) is 0 Å². The number of halogens is 2. The third-order valence-corrected chi connectivity index (χ3v) is 0.250. The Bertz CT molecular complexity index is 28.1. The molecule has 0 aliphatic heterocycles. The Morgan fingerprint density at radius 1 is 0.545 bits per heavy atom. The maximum atomic E-state index is 6.26. The predicted octanol–water partition coefficient (Wildman–Crippen LogP) is -3.81. The van der Waals surface area contributed by atoms with Gasteiger partial charge in [0, 0.05) is 0 Å². The van der Waals surface area contributed by atoms with Gasteiger partial charge in [-0.25, -0.2) is 0 Å². The summed E-state index contributed by atoms with van der Waals surface area (Å²) in [5, 5.41) is 0. The van der Waals surface area contributed by atoms with Gasteiger partial charge in [0.1, 0.15) is 0 Å². The Morgan fingerprint density at radius 3 is 0.636 bits per heavy atom. The molecule has 0 heterocycles. The number of hydrogen-bond acceptors (Lipinski definition) is 0. The minimum atomic E-state index is 0. The smallest absolute Gasteiger partial charge is 1.00 e. The summed E-state index contributed by atoms with van der Waals surface area (Å²) in [6.45, 7) is 0.944. The molecule has 0 rings (SSSR count). The first kappa shape index (κ1) is 29.7. The summed E-state index contributed by atoms with van der Waals surface area (Å²) < 4.78 is 0. The third kappa shape index (κ3) is 101. The van der Waals surface area contributed by atoms with E-state index in [1.807, 2.05) is 0 Å². The zero-order valence-electron chi connectivity index (χ0n) is 5.99. The SMILES string of the molecule is [Cl-].[Cl-].[Cr+6].[NH-]CC[NH-].[NH-]CC[NH-]. The van der Waals surface area contributed by atoms with Crippen molar-refractivity contribution in [1.29, 1.82) is 0 Å². The van der Waals surface area contributed by atoms with E-state index in [2.05, 4.69) is 0 Å². The van der Waals surface area contributed by atoms with Crippen molar-refractivity contribution >= 4 is 0 Å². The molecule has 4 N–H and O–H groups in total. The van der Waals surface area contributed by atoms with Crippen molar-refractivity contribution in [2.24, 2.45) is 0 Å². The summed E-state index contributed by atoms with van der Waals surface area (Å²) in [6.07, 6.45) is 0. The molecule has 0 aromatic rings. The Hall–Kier alpha value is 0.952. The minimum Gasteiger partial charge on any atom is -1.00 e. The number of rotatable bonds is 2. The molecule has 11 heavy (non-hydrogen) atoms. The molecule has 0 atom stereocenters. The van der Waals surface area contributed by atoms with Crippen LogP contribution >= 0.6 is 0 Å². The van der Waals surface area contributed by atoms with E-state index in [1.165, 1.54) is 0 Å². The first-order valence-electron chi connectivity index (χ1n) is 2.41. The Balaban J connectivity index is -0.0000000171. The molecular weight excluding hydrogens is 227 g/mol. The van der Waals surface area contributed by atoms with E-state index in [-0.39, 0.29) is 68.4 Å². The Morgan fingerprint density at radius 2 is 0.636 bits per heavy atom. The molecule has 0 spiro atoms. The van der Waals surface area contributed by atoms with Crippen LogP contribution in [-0.4, -0.2) is 26.2 Å². The van der Waals surface area contributed by atoms with Gasteiger partial charge in [0.2, 0.25) is 0 Å². The Kier molecular flexibility index (Phi) is 119. The summed E-state index contributed by atoms with van der Waals surface area (Å²) >= 11 is 0. The van der Waals surface area contributed by atoms with Gasteiger partial charge in [-0.05, 0) is 0 Å². The third-order valence-electron chi connectivity index (χ3n) is 0.250. The summed E-state index contributed by atoms with van der Waals surface area (Å²) in [5.41, 5.74) is 25.1. The van der Waals surface area contributed by atoms with Gasteiger partial charge in [-0.3, -0.25) is 0 Å². The fourth-order valence-corrected chi connectivity index (χ4v) is 0. The van der Waals surface area contributed by atoms with Crippen molar-refractivity contribution in [3.63, 3.8) is 0 Å². The van der Waals surface area contributed by atoms with Gasteiger partial charge in [0.05, 0.1) is 0 Å². The van der Waals surface area contributed by atoms with Gasteiger partial charge in [0.25, 0.3) is 0 Å². The summed E-state index contributed by atoms with van der Waals surface area (Å²) in [7, 11) is 0. The van der Waals surface area contributed by atoms with Gasteiger partial charge >= 0.3 is 17.4 Å². The fourth-order valence-electron chi connectivity index (χ4n) is 0. The van der Waals surface area contributed by atoms with Crippen molar-refractivity contribution in [2.45, 2.75) is 0 Å². The van der Waals surface area contributed by atoms with Crippen molar-refractivity contribution in [1.82, 2.24) is 0 Å². The molecule has 68 valence electrons. The molecule has 0 aliphatic carbocycles. The van der Waals surface area contributed by atoms with E-state index >= 15 is 0 Å². The normalized spacial score (nSPS) is 5.45. The molecule has 0 radical (unpaired) electrons. The fraction of sp³-hybridized carbons (Fsp3) is 1.00. The van der Waals surface area contributed by atoms with Crippen LogP contribution in [0.2, 0.25) is 0 Å². The Labute approximate surface area is 91.4 Å². The van der Waals surface area contributed by atoms with Gasteiger partial charge in [-0.1, -0.05) is 0 Å². The average Bonchev–Trinajstić information content (AvgIpc) is 1.88. The first-order valence-corrected chi connectivity index (χ1v) is 2.41. The van der Waals surface area contributed by atoms with Crippen molar-refractivity contribution < 1.29 is 42.2 Å². The molecule has 7 heteroatoms. The van der Waals surface area contributed by atoms with Crippen LogP contribution in [0.25, 0.3) is 22.9 Å². The van der Waals surface area contributed by atoms with Crippen molar-refractivity contribution in [3.8, 4) is 0 Å². The molecule has 0 amide bonds. The molecule has 0 aromatic carbocycles. The van der Waals surface area contributed by atoms with Gasteiger partial charge in [-0.15, -0.1) is 0 Å². The van der Waals surface area contributed by atoms with E-state index in [1.54, 1.807) is 0 Å². The monoisotopic (exact) mass is 238 g/mol. The van der Waals surface area contributed by atoms with Crippen LogP contribution in [0.1, 0.15) is 0 Å². The second kappa shape index (κ2) is 44.2. The maximum absolute atomic E-state index is 6.26. The molecule has 0 fully saturated rings. The quantitative estimate of drug-likeness (QED) is 0.472. The van der Waals surface area contributed by atoms with E-state index < -0.39 is 0 Å². The summed E-state index contributed by atoms with van der Waals surface area (Å²) in [5.74, 6) is 0. The van der Waals surface area contributed by atoms with E-state index in [4.69, 9.17) is 22.9 Å². The van der Waals surface area contributed by atoms with E-state index in [0.717, 1.165) is 0 Å². The van der Waals surface area contributed by atoms with E-state index in [9.17, 15) is 0 Å². The zero-order chi connectivity index (χ0) is 6.83. The molecule has 0 aromatic heterocycles. The molecule has 0 aliphatic rings. The van der Waals surface area contributed by atoms with Crippen molar-refractivity contribution in [2.75, 3.05) is 26.2 Å². The standard InChI is InChI=1S/2C2H6N2.2ClH.Cr/c2*3-1-2-4;;;/h2*3-4H,1-2H2;2*1H;/q2*-2;;;+6/p-2. The first-order chi connectivity index (χ1) is 3.83. The van der Waals surface area contributed by atoms with Crippen LogP contribution in [-0.2, 0) is 17.4 Å². The largest absolute Gasteiger partial charge is 6.00 e. The average molecular weight is 239 g/mol. The van der Waals surface area contributed by atoms with Gasteiger partial charge < -0.3 is 47.7 Å². The predicted molar refractivity (Wildman–Crippen MR) is 36.8 cm³/mol. The van der Waals surface area contributed by atoms with Crippen LogP contribution in [0.3, 0.4) is 0 Å². The van der Waals surface area contributed by atoms with Crippen LogP contribution in [0.4, 0.5) is 0 Å². The molecule has 0 saturated carbocycles. The molecule has 0 bridgehead atoms. The van der Waals surface area contributed by atoms with Crippen molar-refractivity contribution in [3.05, 3.63) is 22.9 Å². The molecule has 0 unspecified atom stereocenters. The second-order valence-corrected chi connectivity index (χ2v) is 1.000.